The molecule has 0 aliphatic heterocycles. The molecule has 0 aliphatic carbocycles. The summed E-state index contributed by atoms with van der Waals surface area (Å²) in [7, 11) is 0. The molecule has 0 spiro atoms. The summed E-state index contributed by atoms with van der Waals surface area (Å²) in [5.74, 6) is 0.951. The molecule has 0 bridgehead atoms. The van der Waals surface area contributed by atoms with E-state index in [1.165, 1.54) is 10.8 Å². The largest absolute Gasteiger partial charge is 0.460 e. The number of carbonyl (C=O) groups excluding carboxylic acids is 1. The van der Waals surface area contributed by atoms with Crippen LogP contribution in [-0.2, 0) is 13.1 Å². The van der Waals surface area contributed by atoms with Gasteiger partial charge >= 0.3 is 5.69 Å². The number of nitrogens with zero attached hydrogens (tertiary/aromatic N) is 5. The topological polar surface area (TPSA) is 109 Å². The van der Waals surface area contributed by atoms with Gasteiger partial charge in [0.1, 0.15) is 22.9 Å². The van der Waals surface area contributed by atoms with E-state index in [0.717, 1.165) is 0 Å². The van der Waals surface area contributed by atoms with Gasteiger partial charge in [-0.05, 0) is 52.0 Å². The molecule has 3 aromatic heterocycles. The van der Waals surface area contributed by atoms with Gasteiger partial charge < -0.3 is 4.42 Å². The van der Waals surface area contributed by atoms with Gasteiger partial charge in [-0.3, -0.25) is 24.3 Å². The second kappa shape index (κ2) is 7.63. The molecule has 9 nitrogen and oxygen atoms in total. The van der Waals surface area contributed by atoms with E-state index >= 15 is 0 Å². The summed E-state index contributed by atoms with van der Waals surface area (Å²) in [6, 6.07) is 3.49. The van der Waals surface area contributed by atoms with Crippen LogP contribution in [-0.4, -0.2) is 30.3 Å². The number of hydrogen-bond donors (Lipinski definition) is 0. The van der Waals surface area contributed by atoms with Crippen molar-refractivity contribution in [3.63, 3.8) is 0 Å². The fourth-order valence-corrected chi connectivity index (χ4v) is 2.99. The minimum atomic E-state index is -0.432. The second-order valence-corrected chi connectivity index (χ2v) is 6.42. The fraction of sp³-hybridized carbons (Fsp3) is 0.316. The number of hydrogen-bond acceptors (Lipinski definition) is 6. The number of furan rings is 1. The molecule has 3 aromatic rings. The first-order valence-electron chi connectivity index (χ1n) is 8.83. The third-order valence-corrected chi connectivity index (χ3v) is 4.45. The third kappa shape index (κ3) is 3.78. The van der Waals surface area contributed by atoms with E-state index in [1.807, 2.05) is 6.92 Å². The van der Waals surface area contributed by atoms with Gasteiger partial charge in [-0.15, -0.1) is 0 Å². The Morgan fingerprint density at radius 1 is 1.25 bits per heavy atom. The Morgan fingerprint density at radius 3 is 2.61 bits per heavy atom. The molecule has 146 valence electrons. The normalized spacial score (nSPS) is 11.4. The van der Waals surface area contributed by atoms with Crippen LogP contribution in [0.1, 0.15) is 45.9 Å². The highest BCUT2D eigenvalue weighted by molar-refractivity contribution is 6.07. The lowest BCUT2D eigenvalue weighted by molar-refractivity contribution is -0.386. The molecule has 3 rings (SSSR count). The van der Waals surface area contributed by atoms with Crippen molar-refractivity contribution < 1.29 is 14.1 Å². The van der Waals surface area contributed by atoms with Crippen LogP contribution in [0.25, 0.3) is 6.08 Å². The quantitative estimate of drug-likeness (QED) is 0.267. The average molecular weight is 383 g/mol. The molecule has 0 fully saturated rings. The first-order chi connectivity index (χ1) is 13.3. The summed E-state index contributed by atoms with van der Waals surface area (Å²) in [4.78, 5) is 23.0. The van der Waals surface area contributed by atoms with Gasteiger partial charge in [-0.1, -0.05) is 0 Å². The van der Waals surface area contributed by atoms with Crippen LogP contribution >= 0.6 is 0 Å². The molecule has 0 aliphatic rings. The molecule has 0 radical (unpaired) electrons. The van der Waals surface area contributed by atoms with Gasteiger partial charge in [0.25, 0.3) is 0 Å². The van der Waals surface area contributed by atoms with Crippen molar-refractivity contribution in [2.45, 2.75) is 40.8 Å². The lowest BCUT2D eigenvalue weighted by Gasteiger charge is -2.00. The summed E-state index contributed by atoms with van der Waals surface area (Å²) in [6.07, 6.45) is 4.77. The zero-order valence-corrected chi connectivity index (χ0v) is 16.2. The number of ketones is 1. The van der Waals surface area contributed by atoms with Crippen molar-refractivity contribution in [2.75, 3.05) is 0 Å². The lowest BCUT2D eigenvalue weighted by atomic mass is 10.1. The molecular weight excluding hydrogens is 362 g/mol. The average Bonchev–Trinajstić information content (AvgIpc) is 3.31. The molecule has 0 saturated carbocycles. The molecule has 0 atom stereocenters. The Kier molecular flexibility index (Phi) is 5.25. The molecular formula is C19H21N5O4. The van der Waals surface area contributed by atoms with Gasteiger partial charge in [0.2, 0.25) is 0 Å². The SMILES string of the molecule is CCn1cc(C(=O)/C=C/c2ccc(Cn3nc(C)c([N+](=O)[O-])c3C)o2)c(C)n1. The summed E-state index contributed by atoms with van der Waals surface area (Å²) in [5.41, 5.74) is 2.08. The molecule has 0 amide bonds. The fourth-order valence-electron chi connectivity index (χ4n) is 2.99. The highest BCUT2D eigenvalue weighted by atomic mass is 16.6. The lowest BCUT2D eigenvalue weighted by Crippen LogP contribution is -2.03. The van der Waals surface area contributed by atoms with E-state index in [-0.39, 0.29) is 18.0 Å². The molecule has 9 heteroatoms. The van der Waals surface area contributed by atoms with Crippen molar-refractivity contribution in [1.82, 2.24) is 19.6 Å². The van der Waals surface area contributed by atoms with Gasteiger partial charge in [-0.25, -0.2) is 0 Å². The van der Waals surface area contributed by atoms with E-state index in [1.54, 1.807) is 49.9 Å². The molecule has 0 N–H and O–H groups in total. The van der Waals surface area contributed by atoms with Crippen LogP contribution < -0.4 is 0 Å². The smallest absolute Gasteiger partial charge is 0.312 e. The molecule has 28 heavy (non-hydrogen) atoms. The molecule has 0 saturated heterocycles. The first kappa shape index (κ1) is 19.3. The van der Waals surface area contributed by atoms with E-state index in [2.05, 4.69) is 10.2 Å². The summed E-state index contributed by atoms with van der Waals surface area (Å²) < 4.78 is 8.96. The van der Waals surface area contributed by atoms with Crippen LogP contribution in [0.5, 0.6) is 0 Å². The first-order valence-corrected chi connectivity index (χ1v) is 8.83. The molecule has 3 heterocycles. The molecule has 0 aromatic carbocycles. The number of carbonyl (C=O) groups is 1. The number of aryl methyl sites for hydroxylation is 3. The number of rotatable bonds is 7. The maximum absolute atomic E-state index is 12.4. The van der Waals surface area contributed by atoms with Crippen LogP contribution in [0, 0.1) is 30.9 Å². The van der Waals surface area contributed by atoms with Crippen molar-refractivity contribution in [3.8, 4) is 0 Å². The highest BCUT2D eigenvalue weighted by Crippen LogP contribution is 2.23. The monoisotopic (exact) mass is 383 g/mol. The second-order valence-electron chi connectivity index (χ2n) is 6.42. The van der Waals surface area contributed by atoms with Crippen LogP contribution in [0.4, 0.5) is 5.69 Å². The Morgan fingerprint density at radius 2 is 2.00 bits per heavy atom. The Balaban J connectivity index is 1.73. The van der Waals surface area contributed by atoms with Crippen molar-refractivity contribution >= 4 is 17.5 Å². The number of aromatic nitrogens is 4. The van der Waals surface area contributed by atoms with Crippen molar-refractivity contribution in [2.24, 2.45) is 0 Å². The Labute approximate surface area is 161 Å². The zero-order valence-electron chi connectivity index (χ0n) is 16.2. The maximum Gasteiger partial charge on any atom is 0.312 e. The number of allylic oxidation sites excluding steroid dienone is 1. The van der Waals surface area contributed by atoms with Crippen LogP contribution in [0.2, 0.25) is 0 Å². The number of nitro groups is 1. The van der Waals surface area contributed by atoms with Gasteiger partial charge in [0, 0.05) is 12.7 Å². The Hall–Kier alpha value is -3.49. The predicted octanol–water partition coefficient (Wildman–Crippen LogP) is 3.47. The summed E-state index contributed by atoms with van der Waals surface area (Å²) in [5, 5.41) is 19.6. The Bertz CT molecular complexity index is 1070. The predicted molar refractivity (Wildman–Crippen MR) is 102 cm³/mol. The van der Waals surface area contributed by atoms with Gasteiger partial charge in [-0.2, -0.15) is 10.2 Å². The van der Waals surface area contributed by atoms with Crippen LogP contribution in [0.3, 0.4) is 0 Å². The van der Waals surface area contributed by atoms with Crippen molar-refractivity contribution in [1.29, 1.82) is 0 Å². The maximum atomic E-state index is 12.4. The summed E-state index contributed by atoms with van der Waals surface area (Å²) in [6.45, 7) is 7.98. The van der Waals surface area contributed by atoms with E-state index in [4.69, 9.17) is 4.42 Å². The minimum Gasteiger partial charge on any atom is -0.460 e. The van der Waals surface area contributed by atoms with Gasteiger partial charge in [0.05, 0.1) is 22.7 Å². The highest BCUT2D eigenvalue weighted by Gasteiger charge is 2.22. The van der Waals surface area contributed by atoms with E-state index < -0.39 is 4.92 Å². The molecule has 0 unspecified atom stereocenters. The third-order valence-electron chi connectivity index (χ3n) is 4.45. The zero-order chi connectivity index (χ0) is 20.4. The van der Waals surface area contributed by atoms with Crippen molar-refractivity contribution in [3.05, 3.63) is 68.7 Å². The van der Waals surface area contributed by atoms with E-state index in [0.29, 0.717) is 40.7 Å². The standard InChI is InChI=1S/C19H21N5O4/c1-5-22-11-17(12(2)20-22)18(25)9-8-15-6-7-16(28-15)10-23-14(4)19(24(26)27)13(3)21-23/h6-9,11H,5,10H2,1-4H3/b9-8+. The van der Waals surface area contributed by atoms with E-state index in [9.17, 15) is 14.9 Å². The summed E-state index contributed by atoms with van der Waals surface area (Å²) >= 11 is 0. The minimum absolute atomic E-state index is 0.0141. The van der Waals surface area contributed by atoms with Crippen LogP contribution in [0.15, 0.2) is 28.8 Å². The van der Waals surface area contributed by atoms with Gasteiger partial charge in [0.15, 0.2) is 5.78 Å².